The predicted molar refractivity (Wildman–Crippen MR) is 92.5 cm³/mol. The van der Waals surface area contributed by atoms with Crippen LogP contribution in [-0.4, -0.2) is 11.8 Å². The van der Waals surface area contributed by atoms with Gasteiger partial charge < -0.3 is 0 Å². The van der Waals surface area contributed by atoms with Gasteiger partial charge in [0, 0.05) is 4.88 Å². The molecule has 116 valence electrons. The third-order valence-electron chi connectivity index (χ3n) is 3.64. The molecule has 0 aromatic carbocycles. The van der Waals surface area contributed by atoms with Crippen molar-refractivity contribution >= 4 is 50.4 Å². The first-order valence-electron chi connectivity index (χ1n) is 7.00. The first-order valence-corrected chi connectivity index (χ1v) is 9.43. The van der Waals surface area contributed by atoms with Crippen LogP contribution in [-0.2, 0) is 12.8 Å². The second-order valence-corrected chi connectivity index (χ2v) is 9.02. The summed E-state index contributed by atoms with van der Waals surface area (Å²) in [6.07, 6.45) is 3.26. The van der Waals surface area contributed by atoms with Gasteiger partial charge in [-0.2, -0.15) is 0 Å². The third kappa shape index (κ3) is 3.42. The summed E-state index contributed by atoms with van der Waals surface area (Å²) in [5, 5.41) is 0. The average molecular weight is 399 g/mol. The number of nitrogens with one attached hydrogen (secondary N) is 2. The SMILES string of the molecule is C[C@H]1CCc2sc(C(=O)NNC(=O)c3ccc(Br)s3)cc2C1. The zero-order valence-electron chi connectivity index (χ0n) is 11.9. The van der Waals surface area contributed by atoms with Crippen LogP contribution in [0.1, 0.15) is 43.1 Å². The molecule has 7 heteroatoms. The topological polar surface area (TPSA) is 58.2 Å². The summed E-state index contributed by atoms with van der Waals surface area (Å²) in [5.74, 6) is 0.116. The van der Waals surface area contributed by atoms with E-state index in [0.29, 0.717) is 15.7 Å². The summed E-state index contributed by atoms with van der Waals surface area (Å²) in [7, 11) is 0. The highest BCUT2D eigenvalue weighted by Crippen LogP contribution is 2.32. The lowest BCUT2D eigenvalue weighted by Crippen LogP contribution is -2.41. The zero-order chi connectivity index (χ0) is 15.7. The molecule has 2 aromatic rings. The van der Waals surface area contributed by atoms with E-state index in [1.807, 2.05) is 6.07 Å². The summed E-state index contributed by atoms with van der Waals surface area (Å²) >= 11 is 6.16. The van der Waals surface area contributed by atoms with Crippen LogP contribution in [0.25, 0.3) is 0 Å². The van der Waals surface area contributed by atoms with Gasteiger partial charge in [-0.25, -0.2) is 0 Å². The largest absolute Gasteiger partial charge is 0.279 e. The van der Waals surface area contributed by atoms with Gasteiger partial charge in [0.2, 0.25) is 0 Å². The van der Waals surface area contributed by atoms with Gasteiger partial charge in [0.05, 0.1) is 13.5 Å². The van der Waals surface area contributed by atoms with Gasteiger partial charge in [-0.1, -0.05) is 6.92 Å². The molecule has 1 atom stereocenters. The number of aryl methyl sites for hydroxylation is 1. The number of rotatable bonds is 2. The van der Waals surface area contributed by atoms with E-state index in [-0.39, 0.29) is 11.8 Å². The Morgan fingerprint density at radius 1 is 1.18 bits per heavy atom. The van der Waals surface area contributed by atoms with Crippen LogP contribution in [0.2, 0.25) is 0 Å². The van der Waals surface area contributed by atoms with E-state index >= 15 is 0 Å². The molecule has 3 rings (SSSR count). The van der Waals surface area contributed by atoms with E-state index in [4.69, 9.17) is 0 Å². The number of hydrogen-bond donors (Lipinski definition) is 2. The number of carbonyl (C=O) groups is 2. The summed E-state index contributed by atoms with van der Waals surface area (Å²) in [4.78, 5) is 26.6. The average Bonchev–Trinajstić information content (AvgIpc) is 3.10. The van der Waals surface area contributed by atoms with Crippen molar-refractivity contribution < 1.29 is 9.59 Å². The van der Waals surface area contributed by atoms with Crippen LogP contribution in [0.4, 0.5) is 0 Å². The zero-order valence-corrected chi connectivity index (χ0v) is 15.2. The van der Waals surface area contributed by atoms with Crippen molar-refractivity contribution in [1.82, 2.24) is 10.9 Å². The fraction of sp³-hybridized carbons (Fsp3) is 0.333. The first kappa shape index (κ1) is 15.7. The molecule has 2 N–H and O–H groups in total. The lowest BCUT2D eigenvalue weighted by atomic mass is 9.90. The summed E-state index contributed by atoms with van der Waals surface area (Å²) in [5.41, 5.74) is 6.23. The fourth-order valence-corrected chi connectivity index (χ4v) is 4.88. The molecule has 2 heterocycles. The summed E-state index contributed by atoms with van der Waals surface area (Å²) in [6, 6.07) is 5.47. The van der Waals surface area contributed by atoms with Gasteiger partial charge in [-0.15, -0.1) is 22.7 Å². The third-order valence-corrected chi connectivity index (χ3v) is 6.50. The lowest BCUT2D eigenvalue weighted by molar-refractivity contribution is 0.0851. The summed E-state index contributed by atoms with van der Waals surface area (Å²) < 4.78 is 0.879. The van der Waals surface area contributed by atoms with Gasteiger partial charge in [0.1, 0.15) is 0 Å². The second kappa shape index (κ2) is 6.52. The Hall–Kier alpha value is -1.18. The Kier molecular flexibility index (Phi) is 4.65. The van der Waals surface area contributed by atoms with Crippen molar-refractivity contribution in [2.75, 3.05) is 0 Å². The van der Waals surface area contributed by atoms with Crippen molar-refractivity contribution in [3.8, 4) is 0 Å². The van der Waals surface area contributed by atoms with Crippen LogP contribution >= 0.6 is 38.6 Å². The van der Waals surface area contributed by atoms with Crippen LogP contribution in [0.15, 0.2) is 22.0 Å². The molecule has 0 spiro atoms. The Morgan fingerprint density at radius 3 is 2.59 bits per heavy atom. The smallest absolute Gasteiger partial charge is 0.266 e. The van der Waals surface area contributed by atoms with Crippen LogP contribution in [0.5, 0.6) is 0 Å². The van der Waals surface area contributed by atoms with E-state index in [1.165, 1.54) is 39.5 Å². The van der Waals surface area contributed by atoms with Crippen molar-refractivity contribution in [3.63, 3.8) is 0 Å². The number of thiophene rings is 2. The van der Waals surface area contributed by atoms with Gasteiger partial charge in [-0.05, 0) is 64.9 Å². The second-order valence-electron chi connectivity index (χ2n) is 5.42. The number of amides is 2. The molecule has 1 aliphatic carbocycles. The fourth-order valence-electron chi connectivity index (χ4n) is 2.49. The van der Waals surface area contributed by atoms with E-state index in [9.17, 15) is 9.59 Å². The number of carbonyl (C=O) groups excluding carboxylic acids is 2. The maximum Gasteiger partial charge on any atom is 0.279 e. The number of hydrogen-bond acceptors (Lipinski definition) is 4. The highest BCUT2D eigenvalue weighted by atomic mass is 79.9. The summed E-state index contributed by atoms with van der Waals surface area (Å²) in [6.45, 7) is 2.24. The van der Waals surface area contributed by atoms with E-state index in [1.54, 1.807) is 12.1 Å². The Labute approximate surface area is 145 Å². The molecule has 2 amide bonds. The Morgan fingerprint density at radius 2 is 1.91 bits per heavy atom. The molecule has 0 unspecified atom stereocenters. The monoisotopic (exact) mass is 398 g/mol. The minimum Gasteiger partial charge on any atom is -0.266 e. The van der Waals surface area contributed by atoms with Crippen molar-refractivity contribution in [3.05, 3.63) is 42.2 Å². The van der Waals surface area contributed by atoms with Gasteiger partial charge >= 0.3 is 0 Å². The van der Waals surface area contributed by atoms with Gasteiger partial charge in [0.15, 0.2) is 0 Å². The first-order chi connectivity index (χ1) is 10.5. The van der Waals surface area contributed by atoms with Crippen LogP contribution in [0, 0.1) is 5.92 Å². The number of fused-ring (bicyclic) bond motifs is 1. The van der Waals surface area contributed by atoms with E-state index in [0.717, 1.165) is 16.6 Å². The molecule has 2 aromatic heterocycles. The number of hydrazine groups is 1. The highest BCUT2D eigenvalue weighted by molar-refractivity contribution is 9.11. The molecule has 0 aliphatic heterocycles. The maximum atomic E-state index is 12.2. The standard InChI is InChI=1S/C15H15BrN2O2S2/c1-8-2-3-10-9(6-8)7-12(21-10)15(20)18-17-14(19)11-4-5-13(16)22-11/h4-5,7-8H,2-3,6H2,1H3,(H,17,19)(H,18,20)/t8-/m0/s1. The van der Waals surface area contributed by atoms with Crippen LogP contribution in [0.3, 0.4) is 0 Å². The molecule has 4 nitrogen and oxygen atoms in total. The van der Waals surface area contributed by atoms with Crippen molar-refractivity contribution in [2.45, 2.75) is 26.2 Å². The molecule has 0 fully saturated rings. The lowest BCUT2D eigenvalue weighted by Gasteiger charge is -2.16. The highest BCUT2D eigenvalue weighted by Gasteiger charge is 2.21. The predicted octanol–water partition coefficient (Wildman–Crippen LogP) is 3.77. The Bertz CT molecular complexity index is 723. The molecular formula is C15H15BrN2O2S2. The van der Waals surface area contributed by atoms with Crippen molar-refractivity contribution in [2.24, 2.45) is 5.92 Å². The normalized spacial score (nSPS) is 16.9. The molecule has 22 heavy (non-hydrogen) atoms. The minimum absolute atomic E-state index is 0.254. The van der Waals surface area contributed by atoms with E-state index in [2.05, 4.69) is 33.7 Å². The van der Waals surface area contributed by atoms with Gasteiger partial charge in [-0.3, -0.25) is 20.4 Å². The molecule has 1 aliphatic rings. The maximum absolute atomic E-state index is 12.2. The quantitative estimate of drug-likeness (QED) is 0.756. The molecular weight excluding hydrogens is 384 g/mol. The molecule has 0 saturated carbocycles. The minimum atomic E-state index is -0.306. The molecule has 0 bridgehead atoms. The number of halogens is 1. The molecule has 0 radical (unpaired) electrons. The van der Waals surface area contributed by atoms with Crippen molar-refractivity contribution in [1.29, 1.82) is 0 Å². The van der Waals surface area contributed by atoms with Gasteiger partial charge in [0.25, 0.3) is 11.8 Å². The van der Waals surface area contributed by atoms with E-state index < -0.39 is 0 Å². The van der Waals surface area contributed by atoms with Crippen LogP contribution < -0.4 is 10.9 Å². The Balaban J connectivity index is 1.62. The molecule has 0 saturated heterocycles.